The number of para-hydroxylation sites is 1. The fourth-order valence-corrected chi connectivity index (χ4v) is 5.69. The number of carbonyl (C=O) groups is 2. The molecule has 8 heteroatoms. The Labute approximate surface area is 215 Å². The lowest BCUT2D eigenvalue weighted by Crippen LogP contribution is -2.50. The Kier molecular flexibility index (Phi) is 9.93. The van der Waals surface area contributed by atoms with Crippen LogP contribution in [-0.2, 0) is 26.2 Å². The van der Waals surface area contributed by atoms with E-state index in [1.54, 1.807) is 36.1 Å². The molecule has 0 bridgehead atoms. The third-order valence-corrected chi connectivity index (χ3v) is 8.11. The van der Waals surface area contributed by atoms with E-state index in [0.717, 1.165) is 36.8 Å². The minimum Gasteiger partial charge on any atom is -0.352 e. The summed E-state index contributed by atoms with van der Waals surface area (Å²) in [6.07, 6.45) is 7.05. The maximum Gasteiger partial charge on any atom is 0.242 e. The summed E-state index contributed by atoms with van der Waals surface area (Å²) in [5, 5.41) is 3.15. The Hall–Kier alpha value is -2.87. The highest BCUT2D eigenvalue weighted by Crippen LogP contribution is 2.21. The number of nitrogens with zero attached hydrogens (tertiary/aromatic N) is 2. The monoisotopic (exact) mass is 513 g/mol. The molecule has 1 saturated carbocycles. The molecular formula is C28H39N3O4S. The first-order valence-electron chi connectivity index (χ1n) is 12.8. The second-order valence-electron chi connectivity index (χ2n) is 9.74. The molecule has 36 heavy (non-hydrogen) atoms. The standard InChI is InChI=1S/C28H39N3O4S/c1-22-13-10-11-14-24(22)21-30(23(2)28(33)29-25-15-6-4-7-16-25)27(32)19-12-20-31(36(3,34)35)26-17-8-5-9-18-26/h5,8-11,13-14,17-18,23,25H,4,6-7,12,15-16,19-21H2,1-3H3,(H,29,33)/t23-/m1/s1. The number of hydrogen-bond acceptors (Lipinski definition) is 4. The average molecular weight is 514 g/mol. The van der Waals surface area contributed by atoms with E-state index in [0.29, 0.717) is 18.7 Å². The molecular weight excluding hydrogens is 474 g/mol. The number of anilines is 1. The van der Waals surface area contributed by atoms with Gasteiger partial charge in [0.05, 0.1) is 11.9 Å². The number of amides is 2. The fraction of sp³-hybridized carbons (Fsp3) is 0.500. The number of hydrogen-bond donors (Lipinski definition) is 1. The lowest BCUT2D eigenvalue weighted by molar-refractivity contribution is -0.141. The van der Waals surface area contributed by atoms with Gasteiger partial charge < -0.3 is 10.2 Å². The molecule has 2 amide bonds. The molecule has 0 aromatic heterocycles. The van der Waals surface area contributed by atoms with Crippen molar-refractivity contribution in [2.45, 2.75) is 77.4 Å². The second kappa shape index (κ2) is 12.9. The van der Waals surface area contributed by atoms with Crippen LogP contribution in [0, 0.1) is 6.92 Å². The maximum atomic E-state index is 13.4. The Morgan fingerprint density at radius 3 is 2.28 bits per heavy atom. The molecule has 2 aromatic carbocycles. The van der Waals surface area contributed by atoms with Crippen molar-refractivity contribution in [3.63, 3.8) is 0 Å². The third kappa shape index (κ3) is 7.82. The average Bonchev–Trinajstić information content (AvgIpc) is 2.86. The van der Waals surface area contributed by atoms with E-state index in [1.165, 1.54) is 17.0 Å². The van der Waals surface area contributed by atoms with Crippen LogP contribution in [0.15, 0.2) is 54.6 Å². The lowest BCUT2D eigenvalue weighted by atomic mass is 9.95. The van der Waals surface area contributed by atoms with Gasteiger partial charge in [0.15, 0.2) is 0 Å². The highest BCUT2D eigenvalue weighted by atomic mass is 32.2. The van der Waals surface area contributed by atoms with Gasteiger partial charge in [0.25, 0.3) is 0 Å². The molecule has 196 valence electrons. The van der Waals surface area contributed by atoms with Crippen LogP contribution >= 0.6 is 0 Å². The zero-order valence-electron chi connectivity index (χ0n) is 21.7. The summed E-state index contributed by atoms with van der Waals surface area (Å²) in [4.78, 5) is 28.2. The summed E-state index contributed by atoms with van der Waals surface area (Å²) in [7, 11) is -3.49. The van der Waals surface area contributed by atoms with Gasteiger partial charge >= 0.3 is 0 Å². The number of benzene rings is 2. The van der Waals surface area contributed by atoms with Gasteiger partial charge in [0.1, 0.15) is 6.04 Å². The van der Waals surface area contributed by atoms with Crippen LogP contribution in [0.4, 0.5) is 5.69 Å². The largest absolute Gasteiger partial charge is 0.352 e. The maximum absolute atomic E-state index is 13.4. The molecule has 1 atom stereocenters. The van der Waals surface area contributed by atoms with Crippen LogP contribution in [-0.4, -0.2) is 50.0 Å². The molecule has 7 nitrogen and oxygen atoms in total. The number of sulfonamides is 1. The van der Waals surface area contributed by atoms with Crippen molar-refractivity contribution in [3.05, 3.63) is 65.7 Å². The molecule has 1 aliphatic rings. The minimum absolute atomic E-state index is 0.133. The van der Waals surface area contributed by atoms with Crippen molar-refractivity contribution in [3.8, 4) is 0 Å². The predicted octanol–water partition coefficient (Wildman–Crippen LogP) is 4.41. The van der Waals surface area contributed by atoms with Crippen molar-refractivity contribution >= 4 is 27.5 Å². The Morgan fingerprint density at radius 2 is 1.64 bits per heavy atom. The van der Waals surface area contributed by atoms with E-state index in [1.807, 2.05) is 37.3 Å². The number of aryl methyl sites for hydroxylation is 1. The van der Waals surface area contributed by atoms with Gasteiger partial charge in [-0.15, -0.1) is 0 Å². The lowest BCUT2D eigenvalue weighted by Gasteiger charge is -2.32. The summed E-state index contributed by atoms with van der Waals surface area (Å²) < 4.78 is 26.1. The van der Waals surface area contributed by atoms with Crippen LogP contribution in [0.2, 0.25) is 0 Å². The van der Waals surface area contributed by atoms with E-state index in [9.17, 15) is 18.0 Å². The Bertz CT molecular complexity index is 1110. The van der Waals surface area contributed by atoms with Gasteiger partial charge in [-0.2, -0.15) is 0 Å². The van der Waals surface area contributed by atoms with Gasteiger partial charge in [-0.25, -0.2) is 8.42 Å². The number of rotatable bonds is 11. The van der Waals surface area contributed by atoms with Gasteiger partial charge in [-0.05, 0) is 56.4 Å². The first-order valence-corrected chi connectivity index (χ1v) is 14.7. The first-order chi connectivity index (χ1) is 17.2. The highest BCUT2D eigenvalue weighted by molar-refractivity contribution is 7.92. The third-order valence-electron chi connectivity index (χ3n) is 6.92. The van der Waals surface area contributed by atoms with E-state index in [2.05, 4.69) is 5.32 Å². The molecule has 1 aliphatic carbocycles. The molecule has 3 rings (SSSR count). The van der Waals surface area contributed by atoms with Crippen molar-refractivity contribution < 1.29 is 18.0 Å². The SMILES string of the molecule is Cc1ccccc1CN(C(=O)CCCN(c1ccccc1)S(C)(=O)=O)[C@H](C)C(=O)NC1CCCCC1. The van der Waals surface area contributed by atoms with E-state index >= 15 is 0 Å². The van der Waals surface area contributed by atoms with Crippen LogP contribution in [0.3, 0.4) is 0 Å². The summed E-state index contributed by atoms with van der Waals surface area (Å²) in [6.45, 7) is 4.30. The summed E-state index contributed by atoms with van der Waals surface area (Å²) in [5.41, 5.74) is 2.62. The van der Waals surface area contributed by atoms with E-state index in [4.69, 9.17) is 0 Å². The van der Waals surface area contributed by atoms with Crippen molar-refractivity contribution in [1.29, 1.82) is 0 Å². The van der Waals surface area contributed by atoms with Crippen molar-refractivity contribution in [2.24, 2.45) is 0 Å². The first kappa shape index (κ1) is 27.7. The van der Waals surface area contributed by atoms with Gasteiger partial charge in [0.2, 0.25) is 21.8 Å². The van der Waals surface area contributed by atoms with Crippen molar-refractivity contribution in [2.75, 3.05) is 17.1 Å². The quantitative estimate of drug-likeness (QED) is 0.482. The molecule has 0 radical (unpaired) electrons. The van der Waals surface area contributed by atoms with Gasteiger partial charge in [0, 0.05) is 25.6 Å². The normalized spacial score (nSPS) is 15.2. The van der Waals surface area contributed by atoms with Crippen LogP contribution < -0.4 is 9.62 Å². The molecule has 0 aliphatic heterocycles. The Balaban J connectivity index is 1.71. The molecule has 0 heterocycles. The highest BCUT2D eigenvalue weighted by Gasteiger charge is 2.28. The molecule has 2 aromatic rings. The smallest absolute Gasteiger partial charge is 0.242 e. The zero-order chi connectivity index (χ0) is 26.1. The summed E-state index contributed by atoms with van der Waals surface area (Å²) >= 11 is 0. The van der Waals surface area contributed by atoms with Gasteiger partial charge in [-0.1, -0.05) is 61.7 Å². The van der Waals surface area contributed by atoms with Crippen LogP contribution in [0.1, 0.15) is 63.0 Å². The number of nitrogens with one attached hydrogen (secondary N) is 1. The molecule has 0 saturated heterocycles. The van der Waals surface area contributed by atoms with E-state index < -0.39 is 16.1 Å². The van der Waals surface area contributed by atoms with Gasteiger partial charge in [-0.3, -0.25) is 13.9 Å². The van der Waals surface area contributed by atoms with E-state index in [-0.39, 0.29) is 30.8 Å². The van der Waals surface area contributed by atoms with Crippen LogP contribution in [0.25, 0.3) is 0 Å². The molecule has 1 fully saturated rings. The molecule has 0 unspecified atom stereocenters. The summed E-state index contributed by atoms with van der Waals surface area (Å²) in [5.74, 6) is -0.294. The summed E-state index contributed by atoms with van der Waals surface area (Å²) in [6, 6.07) is 16.3. The zero-order valence-corrected chi connectivity index (χ0v) is 22.5. The Morgan fingerprint density at radius 1 is 1.00 bits per heavy atom. The predicted molar refractivity (Wildman–Crippen MR) is 144 cm³/mol. The number of carbonyl (C=O) groups excluding carboxylic acids is 2. The van der Waals surface area contributed by atoms with Crippen molar-refractivity contribution in [1.82, 2.24) is 10.2 Å². The topological polar surface area (TPSA) is 86.8 Å². The van der Waals surface area contributed by atoms with Crippen LogP contribution in [0.5, 0.6) is 0 Å². The minimum atomic E-state index is -3.49. The fourth-order valence-electron chi connectivity index (χ4n) is 4.72. The second-order valence-corrected chi connectivity index (χ2v) is 11.6. The molecule has 0 spiro atoms. The molecule has 1 N–H and O–H groups in total.